The Balaban J connectivity index is 1.70. The molecule has 0 saturated heterocycles. The van der Waals surface area contributed by atoms with Gasteiger partial charge in [-0.25, -0.2) is 4.39 Å². The number of carbonyl (C=O) groups excluding carboxylic acids is 1. The summed E-state index contributed by atoms with van der Waals surface area (Å²) in [5, 5.41) is 2.69. The van der Waals surface area contributed by atoms with Crippen molar-refractivity contribution in [3.63, 3.8) is 0 Å². The smallest absolute Gasteiger partial charge is 0.224 e. The molecule has 21 heavy (non-hydrogen) atoms. The first-order valence-electron chi connectivity index (χ1n) is 6.68. The second-order valence-electron chi connectivity index (χ2n) is 4.54. The first-order chi connectivity index (χ1) is 10.1. The molecule has 0 heterocycles. The van der Waals surface area contributed by atoms with E-state index in [1.807, 2.05) is 12.1 Å². The molecular weight excluding hydrogens is 271 g/mol. The van der Waals surface area contributed by atoms with Crippen LogP contribution in [-0.4, -0.2) is 12.5 Å². The number of nitrogens with one attached hydrogen (secondary N) is 1. The van der Waals surface area contributed by atoms with Gasteiger partial charge in [0.1, 0.15) is 11.6 Å². The molecule has 3 N–H and O–H groups in total. The molecular formula is C16H17FN2O2. The largest absolute Gasteiger partial charge is 0.491 e. The minimum absolute atomic E-state index is 0.133. The number of amides is 1. The summed E-state index contributed by atoms with van der Waals surface area (Å²) in [5.74, 6) is 0.157. The summed E-state index contributed by atoms with van der Waals surface area (Å²) in [5.41, 5.74) is 6.90. The fraction of sp³-hybridized carbons (Fsp3) is 0.188. The third-order valence-corrected chi connectivity index (χ3v) is 2.85. The number of carbonyl (C=O) groups is 1. The Morgan fingerprint density at radius 3 is 2.57 bits per heavy atom. The average molecular weight is 288 g/mol. The van der Waals surface area contributed by atoms with E-state index in [1.54, 1.807) is 12.1 Å². The fourth-order valence-electron chi connectivity index (χ4n) is 1.78. The molecule has 0 radical (unpaired) electrons. The number of benzene rings is 2. The number of ether oxygens (including phenoxy) is 1. The third-order valence-electron chi connectivity index (χ3n) is 2.85. The van der Waals surface area contributed by atoms with Crippen molar-refractivity contribution in [1.29, 1.82) is 0 Å². The normalized spacial score (nSPS) is 10.1. The number of anilines is 2. The molecule has 0 aliphatic carbocycles. The van der Waals surface area contributed by atoms with Crippen LogP contribution in [-0.2, 0) is 4.79 Å². The van der Waals surface area contributed by atoms with Gasteiger partial charge in [-0.15, -0.1) is 0 Å². The van der Waals surface area contributed by atoms with Gasteiger partial charge in [-0.2, -0.15) is 0 Å². The van der Waals surface area contributed by atoms with Crippen molar-refractivity contribution in [1.82, 2.24) is 0 Å². The van der Waals surface area contributed by atoms with E-state index in [0.29, 0.717) is 36.6 Å². The highest BCUT2D eigenvalue weighted by Gasteiger charge is 2.04. The highest BCUT2D eigenvalue weighted by atomic mass is 19.1. The Bertz CT molecular complexity index is 599. The van der Waals surface area contributed by atoms with Gasteiger partial charge in [-0.05, 0) is 42.8 Å². The second-order valence-corrected chi connectivity index (χ2v) is 4.54. The Morgan fingerprint density at radius 1 is 1.14 bits per heavy atom. The Labute approximate surface area is 122 Å². The number of rotatable bonds is 6. The highest BCUT2D eigenvalue weighted by molar-refractivity contribution is 5.90. The summed E-state index contributed by atoms with van der Waals surface area (Å²) in [4.78, 5) is 11.7. The second kappa shape index (κ2) is 7.28. The van der Waals surface area contributed by atoms with E-state index >= 15 is 0 Å². The zero-order valence-corrected chi connectivity index (χ0v) is 11.5. The average Bonchev–Trinajstić information content (AvgIpc) is 2.48. The van der Waals surface area contributed by atoms with Gasteiger partial charge in [-0.1, -0.05) is 12.1 Å². The lowest BCUT2D eigenvalue weighted by atomic mass is 10.2. The van der Waals surface area contributed by atoms with Crippen LogP contribution in [0.15, 0.2) is 48.5 Å². The van der Waals surface area contributed by atoms with Crippen LogP contribution in [0.25, 0.3) is 0 Å². The predicted molar refractivity (Wildman–Crippen MR) is 80.6 cm³/mol. The SMILES string of the molecule is Nc1ccccc1OCCCC(=O)Nc1ccc(F)cc1. The summed E-state index contributed by atoms with van der Waals surface area (Å²) in [6, 6.07) is 12.9. The zero-order chi connectivity index (χ0) is 15.1. The maximum absolute atomic E-state index is 12.7. The van der Waals surface area contributed by atoms with Gasteiger partial charge >= 0.3 is 0 Å². The molecule has 2 rings (SSSR count). The van der Waals surface area contributed by atoms with Gasteiger partial charge in [0.2, 0.25) is 5.91 Å². The molecule has 0 aliphatic heterocycles. The summed E-state index contributed by atoms with van der Waals surface area (Å²) in [7, 11) is 0. The summed E-state index contributed by atoms with van der Waals surface area (Å²) >= 11 is 0. The standard InChI is InChI=1S/C16H17FN2O2/c17-12-7-9-13(10-8-12)19-16(20)6-3-11-21-15-5-2-1-4-14(15)18/h1-2,4-5,7-10H,3,6,11,18H2,(H,19,20). The predicted octanol–water partition coefficient (Wildman–Crippen LogP) is 3.21. The van der Waals surface area contributed by atoms with Gasteiger partial charge in [0.05, 0.1) is 12.3 Å². The first-order valence-corrected chi connectivity index (χ1v) is 6.68. The van der Waals surface area contributed by atoms with Crippen molar-refractivity contribution in [3.05, 3.63) is 54.3 Å². The van der Waals surface area contributed by atoms with Crippen LogP contribution in [0.2, 0.25) is 0 Å². The Kier molecular flexibility index (Phi) is 5.15. The lowest BCUT2D eigenvalue weighted by molar-refractivity contribution is -0.116. The molecule has 2 aromatic carbocycles. The number of para-hydroxylation sites is 2. The van der Waals surface area contributed by atoms with E-state index in [-0.39, 0.29) is 11.7 Å². The molecule has 0 bridgehead atoms. The molecule has 4 nitrogen and oxygen atoms in total. The van der Waals surface area contributed by atoms with Crippen LogP contribution >= 0.6 is 0 Å². The molecule has 2 aromatic rings. The van der Waals surface area contributed by atoms with Crippen LogP contribution in [0, 0.1) is 5.82 Å². The van der Waals surface area contributed by atoms with Gasteiger partial charge in [0, 0.05) is 12.1 Å². The minimum Gasteiger partial charge on any atom is -0.491 e. The zero-order valence-electron chi connectivity index (χ0n) is 11.5. The van der Waals surface area contributed by atoms with Crippen molar-refractivity contribution >= 4 is 17.3 Å². The Morgan fingerprint density at radius 2 is 1.86 bits per heavy atom. The fourth-order valence-corrected chi connectivity index (χ4v) is 1.78. The summed E-state index contributed by atoms with van der Waals surface area (Å²) < 4.78 is 18.2. The van der Waals surface area contributed by atoms with Crippen LogP contribution < -0.4 is 15.8 Å². The number of nitrogen functional groups attached to an aromatic ring is 1. The molecule has 0 fully saturated rings. The van der Waals surface area contributed by atoms with Crippen molar-refractivity contribution in [2.75, 3.05) is 17.7 Å². The van der Waals surface area contributed by atoms with E-state index in [0.717, 1.165) is 0 Å². The minimum atomic E-state index is -0.332. The first kappa shape index (κ1) is 14.8. The lowest BCUT2D eigenvalue weighted by Crippen LogP contribution is -2.12. The maximum atomic E-state index is 12.7. The van der Waals surface area contributed by atoms with E-state index < -0.39 is 0 Å². The van der Waals surface area contributed by atoms with Crippen molar-refractivity contribution in [2.45, 2.75) is 12.8 Å². The molecule has 0 aliphatic rings. The molecule has 0 atom stereocenters. The number of nitrogens with two attached hydrogens (primary N) is 1. The molecule has 5 heteroatoms. The van der Waals surface area contributed by atoms with Gasteiger partial charge in [0.15, 0.2) is 0 Å². The number of halogens is 1. The molecule has 0 unspecified atom stereocenters. The van der Waals surface area contributed by atoms with Gasteiger partial charge in [-0.3, -0.25) is 4.79 Å². The molecule has 0 aromatic heterocycles. The van der Waals surface area contributed by atoms with Crippen LogP contribution in [0.4, 0.5) is 15.8 Å². The van der Waals surface area contributed by atoms with Crippen LogP contribution in [0.3, 0.4) is 0 Å². The maximum Gasteiger partial charge on any atom is 0.224 e. The topological polar surface area (TPSA) is 64.3 Å². The Hall–Kier alpha value is -2.56. The number of hydrogen-bond acceptors (Lipinski definition) is 3. The molecule has 0 saturated carbocycles. The van der Waals surface area contributed by atoms with E-state index in [9.17, 15) is 9.18 Å². The molecule has 110 valence electrons. The van der Waals surface area contributed by atoms with Gasteiger partial charge < -0.3 is 15.8 Å². The van der Waals surface area contributed by atoms with Crippen molar-refractivity contribution in [3.8, 4) is 5.75 Å². The van der Waals surface area contributed by atoms with Crippen molar-refractivity contribution in [2.24, 2.45) is 0 Å². The van der Waals surface area contributed by atoms with E-state index in [1.165, 1.54) is 24.3 Å². The summed E-state index contributed by atoms with van der Waals surface area (Å²) in [6.45, 7) is 0.408. The van der Waals surface area contributed by atoms with Crippen LogP contribution in [0.5, 0.6) is 5.75 Å². The van der Waals surface area contributed by atoms with Gasteiger partial charge in [0.25, 0.3) is 0 Å². The van der Waals surface area contributed by atoms with E-state index in [2.05, 4.69) is 5.32 Å². The number of hydrogen-bond donors (Lipinski definition) is 2. The molecule has 1 amide bonds. The molecule has 0 spiro atoms. The highest BCUT2D eigenvalue weighted by Crippen LogP contribution is 2.19. The quantitative estimate of drug-likeness (QED) is 0.633. The third kappa shape index (κ3) is 4.80. The van der Waals surface area contributed by atoms with Crippen LogP contribution in [0.1, 0.15) is 12.8 Å². The lowest BCUT2D eigenvalue weighted by Gasteiger charge is -2.08. The van der Waals surface area contributed by atoms with Crippen molar-refractivity contribution < 1.29 is 13.9 Å². The van der Waals surface area contributed by atoms with E-state index in [4.69, 9.17) is 10.5 Å². The monoisotopic (exact) mass is 288 g/mol. The summed E-state index contributed by atoms with van der Waals surface area (Å²) in [6.07, 6.45) is 0.894.